The van der Waals surface area contributed by atoms with Gasteiger partial charge in [-0.2, -0.15) is 0 Å². The number of rotatable bonds is 6. The van der Waals surface area contributed by atoms with Crippen molar-refractivity contribution in [3.8, 4) is 44.5 Å². The highest BCUT2D eigenvalue weighted by atomic mass is 15.1. The SMILES string of the molecule is CC1(C)c2ccccc2-c2cccc(-c3ccccc3N(c3ccc4c(c3)C(c3ccccc3)(c3ccccc3)c3ccccc3-4)c3ccc4c(c3)C3(CC5CCC3C5)c3ccccc3-4)c21. The minimum absolute atomic E-state index is 0.0570. The van der Waals surface area contributed by atoms with E-state index in [1.165, 1.54) is 121 Å². The van der Waals surface area contributed by atoms with Crippen molar-refractivity contribution in [3.63, 3.8) is 0 Å². The summed E-state index contributed by atoms with van der Waals surface area (Å²) in [6.45, 7) is 4.83. The molecular weight excluding hydrogens is 795 g/mol. The third-order valence-corrected chi connectivity index (χ3v) is 17.0. The van der Waals surface area contributed by atoms with Crippen molar-refractivity contribution >= 4 is 17.1 Å². The Balaban J connectivity index is 1.05. The molecule has 0 saturated heterocycles. The maximum atomic E-state index is 2.63. The van der Waals surface area contributed by atoms with E-state index < -0.39 is 5.41 Å². The standard InChI is InChI=1S/C65H51N/c1-63(2)56-28-13-9-24-50(56)54-26-17-27-55(62(54)63)53-25-12-16-31-61(53)66(46-34-36-51-48-22-10-14-29-57(48)64(59(51)39-46)41-42-32-33-45(64)38-42)47-35-37-52-49-23-11-15-30-58(49)65(60(52)40-47,43-18-5-3-6-19-43)44-20-7-4-8-21-44/h3-31,34-37,39-40,42,45H,32-33,38,41H2,1-2H3. The van der Waals surface area contributed by atoms with Gasteiger partial charge in [-0.3, -0.25) is 0 Å². The van der Waals surface area contributed by atoms with Crippen LogP contribution < -0.4 is 4.90 Å². The molecule has 3 atom stereocenters. The quantitative estimate of drug-likeness (QED) is 0.161. The lowest BCUT2D eigenvalue weighted by Gasteiger charge is -2.37. The molecule has 9 aromatic rings. The van der Waals surface area contributed by atoms with Crippen LogP contribution in [0.2, 0.25) is 0 Å². The van der Waals surface area contributed by atoms with Gasteiger partial charge in [-0.25, -0.2) is 0 Å². The van der Waals surface area contributed by atoms with Gasteiger partial charge in [0.15, 0.2) is 0 Å². The fourth-order valence-corrected chi connectivity index (χ4v) is 14.5. The Labute approximate surface area is 389 Å². The fraction of sp³-hybridized carbons (Fsp3) is 0.169. The zero-order valence-electron chi connectivity index (χ0n) is 37.6. The number of hydrogen-bond donors (Lipinski definition) is 0. The van der Waals surface area contributed by atoms with E-state index in [0.717, 1.165) is 11.6 Å². The average molecular weight is 846 g/mol. The number of para-hydroxylation sites is 1. The molecule has 1 heteroatoms. The Hall–Kier alpha value is -7.22. The molecule has 2 saturated carbocycles. The third kappa shape index (κ3) is 4.96. The van der Waals surface area contributed by atoms with Crippen LogP contribution in [0.1, 0.15) is 84.0 Å². The molecule has 14 rings (SSSR count). The van der Waals surface area contributed by atoms with Crippen molar-refractivity contribution in [1.82, 2.24) is 0 Å². The van der Waals surface area contributed by atoms with Gasteiger partial charge in [-0.1, -0.05) is 202 Å². The summed E-state index contributed by atoms with van der Waals surface area (Å²) in [6.07, 6.45) is 5.28. The molecule has 9 aromatic carbocycles. The number of benzene rings is 9. The summed E-state index contributed by atoms with van der Waals surface area (Å²) < 4.78 is 0. The normalized spacial score (nSPS) is 20.3. The monoisotopic (exact) mass is 845 g/mol. The van der Waals surface area contributed by atoms with Crippen molar-refractivity contribution in [1.29, 1.82) is 0 Å². The molecule has 2 fully saturated rings. The minimum atomic E-state index is -0.515. The molecule has 0 aromatic heterocycles. The van der Waals surface area contributed by atoms with Gasteiger partial charge < -0.3 is 4.90 Å². The van der Waals surface area contributed by atoms with Crippen LogP contribution in [-0.2, 0) is 16.2 Å². The van der Waals surface area contributed by atoms with Crippen molar-refractivity contribution in [3.05, 3.63) is 257 Å². The molecule has 0 N–H and O–H groups in total. The Morgan fingerprint density at radius 2 is 0.879 bits per heavy atom. The van der Waals surface area contributed by atoms with Crippen molar-refractivity contribution in [2.75, 3.05) is 4.90 Å². The largest absolute Gasteiger partial charge is 0.310 e. The molecule has 0 radical (unpaired) electrons. The smallest absolute Gasteiger partial charge is 0.0714 e. The molecule has 2 bridgehead atoms. The van der Waals surface area contributed by atoms with Gasteiger partial charge in [0.2, 0.25) is 0 Å². The first-order valence-electron chi connectivity index (χ1n) is 24.2. The molecule has 1 spiro atoms. The molecule has 316 valence electrons. The van der Waals surface area contributed by atoms with E-state index >= 15 is 0 Å². The Bertz CT molecular complexity index is 3390. The van der Waals surface area contributed by atoms with Crippen molar-refractivity contribution in [2.45, 2.75) is 55.8 Å². The van der Waals surface area contributed by atoms with E-state index in [0.29, 0.717) is 5.92 Å². The summed E-state index contributed by atoms with van der Waals surface area (Å²) >= 11 is 0. The van der Waals surface area contributed by atoms with Crippen LogP contribution in [0.15, 0.2) is 212 Å². The fourth-order valence-electron chi connectivity index (χ4n) is 14.5. The first kappa shape index (κ1) is 38.1. The van der Waals surface area contributed by atoms with Crippen molar-refractivity contribution in [2.24, 2.45) is 11.8 Å². The summed E-state index contributed by atoms with van der Waals surface area (Å²) in [7, 11) is 0. The van der Waals surface area contributed by atoms with Gasteiger partial charge >= 0.3 is 0 Å². The lowest BCUT2D eigenvalue weighted by molar-refractivity contribution is 0.327. The number of anilines is 3. The van der Waals surface area contributed by atoms with Gasteiger partial charge in [0, 0.05) is 27.8 Å². The Kier molecular flexibility index (Phi) is 8.02. The predicted octanol–water partition coefficient (Wildman–Crippen LogP) is 16.6. The zero-order valence-corrected chi connectivity index (χ0v) is 37.6. The Morgan fingerprint density at radius 1 is 0.394 bits per heavy atom. The second kappa shape index (κ2) is 13.9. The van der Waals surface area contributed by atoms with Crippen LogP contribution in [0.4, 0.5) is 17.1 Å². The van der Waals surface area contributed by atoms with E-state index in [9.17, 15) is 0 Å². The molecule has 3 unspecified atom stereocenters. The third-order valence-electron chi connectivity index (χ3n) is 17.0. The molecule has 5 aliphatic rings. The van der Waals surface area contributed by atoms with Gasteiger partial charge in [-0.15, -0.1) is 0 Å². The summed E-state index contributed by atoms with van der Waals surface area (Å²) in [6, 6.07) is 81.2. The van der Waals surface area contributed by atoms with E-state index in [-0.39, 0.29) is 10.8 Å². The van der Waals surface area contributed by atoms with E-state index in [1.54, 1.807) is 5.56 Å². The molecule has 0 amide bonds. The lowest BCUT2D eigenvalue weighted by Crippen LogP contribution is -2.32. The second-order valence-electron chi connectivity index (χ2n) is 20.3. The molecule has 5 aliphatic carbocycles. The molecular formula is C65H51N. The van der Waals surface area contributed by atoms with Gasteiger partial charge in [0.1, 0.15) is 0 Å². The average Bonchev–Trinajstić information content (AvgIpc) is 4.18. The maximum Gasteiger partial charge on any atom is 0.0714 e. The lowest BCUT2D eigenvalue weighted by atomic mass is 9.67. The topological polar surface area (TPSA) is 3.24 Å². The number of fused-ring (bicyclic) bond motifs is 14. The van der Waals surface area contributed by atoms with Crippen molar-refractivity contribution < 1.29 is 0 Å². The maximum absolute atomic E-state index is 2.63. The summed E-state index contributed by atoms with van der Waals surface area (Å²) in [5, 5.41) is 0. The predicted molar refractivity (Wildman–Crippen MR) is 273 cm³/mol. The van der Waals surface area contributed by atoms with Gasteiger partial charge in [0.05, 0.1) is 11.1 Å². The molecule has 0 aliphatic heterocycles. The van der Waals surface area contributed by atoms with Crippen LogP contribution in [0, 0.1) is 11.8 Å². The molecule has 66 heavy (non-hydrogen) atoms. The Morgan fingerprint density at radius 3 is 1.52 bits per heavy atom. The number of nitrogens with zero attached hydrogens (tertiary/aromatic N) is 1. The first-order chi connectivity index (χ1) is 32.5. The van der Waals surface area contributed by atoms with Crippen LogP contribution >= 0.6 is 0 Å². The van der Waals surface area contributed by atoms with Crippen LogP contribution in [0.3, 0.4) is 0 Å². The summed E-state index contributed by atoms with van der Waals surface area (Å²) in [5.74, 6) is 1.47. The highest BCUT2D eigenvalue weighted by molar-refractivity contribution is 5.97. The summed E-state index contributed by atoms with van der Waals surface area (Å²) in [4.78, 5) is 2.62. The minimum Gasteiger partial charge on any atom is -0.310 e. The van der Waals surface area contributed by atoms with E-state index in [1.807, 2.05) is 0 Å². The van der Waals surface area contributed by atoms with Crippen LogP contribution in [0.5, 0.6) is 0 Å². The molecule has 1 nitrogen and oxygen atoms in total. The van der Waals surface area contributed by atoms with E-state index in [4.69, 9.17) is 0 Å². The van der Waals surface area contributed by atoms with Crippen LogP contribution in [-0.4, -0.2) is 0 Å². The summed E-state index contributed by atoms with van der Waals surface area (Å²) in [5.41, 5.74) is 24.7. The first-order valence-corrected chi connectivity index (χ1v) is 24.2. The zero-order chi connectivity index (χ0) is 43.8. The van der Waals surface area contributed by atoms with E-state index in [2.05, 4.69) is 231 Å². The van der Waals surface area contributed by atoms with Crippen LogP contribution in [0.25, 0.3) is 44.5 Å². The van der Waals surface area contributed by atoms with Gasteiger partial charge in [0.25, 0.3) is 0 Å². The number of hydrogen-bond acceptors (Lipinski definition) is 1. The van der Waals surface area contributed by atoms with Gasteiger partial charge in [-0.05, 0) is 145 Å². The highest BCUT2D eigenvalue weighted by Crippen LogP contribution is 2.66. The highest BCUT2D eigenvalue weighted by Gasteiger charge is 2.57. The second-order valence-corrected chi connectivity index (χ2v) is 20.3. The molecule has 0 heterocycles.